The van der Waals surface area contributed by atoms with Gasteiger partial charge in [0.25, 0.3) is 0 Å². The minimum absolute atomic E-state index is 0.325. The molecular weight excluding hydrogens is 342 g/mol. The van der Waals surface area contributed by atoms with Gasteiger partial charge in [-0.2, -0.15) is 0 Å². The second-order valence-electron chi connectivity index (χ2n) is 4.32. The zero-order valence-electron chi connectivity index (χ0n) is 10.4. The van der Waals surface area contributed by atoms with E-state index < -0.39 is 0 Å². The van der Waals surface area contributed by atoms with E-state index in [0.717, 1.165) is 15.5 Å². The van der Waals surface area contributed by atoms with Crippen molar-refractivity contribution < 1.29 is 4.74 Å². The molecule has 0 saturated heterocycles. The highest BCUT2D eigenvalue weighted by atomic mass is 79.9. The molecule has 0 bridgehead atoms. The Bertz CT molecular complexity index is 772. The van der Waals surface area contributed by atoms with E-state index in [0.29, 0.717) is 28.9 Å². The minimum Gasteiger partial charge on any atom is -0.486 e. The average Bonchev–Trinajstić information content (AvgIpc) is 2.80. The quantitative estimate of drug-likeness (QED) is 0.696. The predicted octanol–water partition coefficient (Wildman–Crippen LogP) is 4.14. The fraction of sp³-hybridized carbons (Fsp3) is 0.0714. The molecule has 0 aliphatic rings. The van der Waals surface area contributed by atoms with Crippen LogP contribution in [0, 0.1) is 0 Å². The van der Waals surface area contributed by atoms with E-state index >= 15 is 0 Å². The minimum atomic E-state index is 0.325. The molecular formula is C14H11BrClN3O. The van der Waals surface area contributed by atoms with Crippen molar-refractivity contribution in [2.75, 3.05) is 5.73 Å². The van der Waals surface area contributed by atoms with E-state index in [1.54, 1.807) is 12.1 Å². The molecule has 0 atom stereocenters. The summed E-state index contributed by atoms with van der Waals surface area (Å²) in [5.74, 6) is 1.41. The lowest BCUT2D eigenvalue weighted by atomic mass is 10.3. The number of ether oxygens (including phenoxy) is 1. The van der Waals surface area contributed by atoms with Crippen molar-refractivity contribution in [3.05, 3.63) is 51.7 Å². The van der Waals surface area contributed by atoms with Crippen LogP contribution in [-0.4, -0.2) is 9.97 Å². The topological polar surface area (TPSA) is 63.9 Å². The summed E-state index contributed by atoms with van der Waals surface area (Å²) in [7, 11) is 0. The van der Waals surface area contributed by atoms with E-state index in [1.165, 1.54) is 0 Å². The molecule has 20 heavy (non-hydrogen) atoms. The molecule has 0 aliphatic carbocycles. The number of H-pyrrole nitrogens is 1. The molecule has 3 N–H and O–H groups in total. The molecule has 0 amide bonds. The molecule has 0 radical (unpaired) electrons. The van der Waals surface area contributed by atoms with Gasteiger partial charge in [0.1, 0.15) is 23.7 Å². The van der Waals surface area contributed by atoms with Gasteiger partial charge in [-0.1, -0.05) is 33.6 Å². The summed E-state index contributed by atoms with van der Waals surface area (Å²) in [6.45, 7) is 0.325. The molecule has 2 aromatic carbocycles. The summed E-state index contributed by atoms with van der Waals surface area (Å²) >= 11 is 9.31. The number of anilines is 1. The highest BCUT2D eigenvalue weighted by Gasteiger charge is 2.07. The number of nitrogens with two attached hydrogens (primary N) is 1. The molecule has 0 saturated carbocycles. The van der Waals surface area contributed by atoms with Crippen LogP contribution in [0.15, 0.2) is 40.9 Å². The SMILES string of the molecule is Nc1cc(Br)cc2[nH]c(COc3cccc(Cl)c3)nc12. The zero-order valence-corrected chi connectivity index (χ0v) is 12.7. The lowest BCUT2D eigenvalue weighted by Crippen LogP contribution is -1.97. The number of hydrogen-bond donors (Lipinski definition) is 2. The Balaban J connectivity index is 1.83. The Morgan fingerprint density at radius 1 is 1.30 bits per heavy atom. The number of nitrogens with one attached hydrogen (secondary N) is 1. The number of nitrogen functional groups attached to an aromatic ring is 1. The molecule has 0 spiro atoms. The van der Waals surface area contributed by atoms with Crippen molar-refractivity contribution in [2.45, 2.75) is 6.61 Å². The highest BCUT2D eigenvalue weighted by molar-refractivity contribution is 9.10. The first kappa shape index (κ1) is 13.3. The smallest absolute Gasteiger partial charge is 0.146 e. The molecule has 102 valence electrons. The van der Waals surface area contributed by atoms with E-state index in [9.17, 15) is 0 Å². The predicted molar refractivity (Wildman–Crippen MR) is 84.0 cm³/mol. The molecule has 0 fully saturated rings. The summed E-state index contributed by atoms with van der Waals surface area (Å²) in [5.41, 5.74) is 8.18. The number of hydrogen-bond acceptors (Lipinski definition) is 3. The third-order valence-electron chi connectivity index (χ3n) is 2.80. The number of rotatable bonds is 3. The van der Waals surface area contributed by atoms with Gasteiger partial charge in [0.05, 0.1) is 11.2 Å². The third kappa shape index (κ3) is 2.73. The Labute approximate surface area is 129 Å². The van der Waals surface area contributed by atoms with Gasteiger partial charge in [-0.25, -0.2) is 4.98 Å². The van der Waals surface area contributed by atoms with Crippen LogP contribution in [0.2, 0.25) is 5.02 Å². The van der Waals surface area contributed by atoms with Crippen LogP contribution in [0.3, 0.4) is 0 Å². The van der Waals surface area contributed by atoms with Crippen LogP contribution in [0.25, 0.3) is 11.0 Å². The number of benzene rings is 2. The van der Waals surface area contributed by atoms with E-state index in [2.05, 4.69) is 25.9 Å². The van der Waals surface area contributed by atoms with Crippen molar-refractivity contribution in [3.63, 3.8) is 0 Å². The number of halogens is 2. The fourth-order valence-corrected chi connectivity index (χ4v) is 2.59. The second-order valence-corrected chi connectivity index (χ2v) is 5.67. The highest BCUT2D eigenvalue weighted by Crippen LogP contribution is 2.25. The molecule has 0 unspecified atom stereocenters. The first-order valence-corrected chi connectivity index (χ1v) is 7.11. The van der Waals surface area contributed by atoms with Crippen molar-refractivity contribution in [2.24, 2.45) is 0 Å². The molecule has 4 nitrogen and oxygen atoms in total. The molecule has 3 aromatic rings. The first-order chi connectivity index (χ1) is 9.61. The lowest BCUT2D eigenvalue weighted by Gasteiger charge is -2.03. The number of fused-ring (bicyclic) bond motifs is 1. The van der Waals surface area contributed by atoms with Crippen LogP contribution in [0.5, 0.6) is 5.75 Å². The maximum atomic E-state index is 5.93. The largest absolute Gasteiger partial charge is 0.486 e. The molecule has 0 aliphatic heterocycles. The standard InChI is InChI=1S/C14H11BrClN3O/c15-8-4-11(17)14-12(5-8)18-13(19-14)7-20-10-3-1-2-9(16)6-10/h1-6H,7,17H2,(H,18,19). The second kappa shape index (κ2) is 5.34. The number of aromatic nitrogens is 2. The van der Waals surface area contributed by atoms with Crippen molar-refractivity contribution >= 4 is 44.3 Å². The third-order valence-corrected chi connectivity index (χ3v) is 3.49. The Kier molecular flexibility index (Phi) is 3.54. The van der Waals surface area contributed by atoms with E-state index in [-0.39, 0.29) is 0 Å². The number of imidazole rings is 1. The Hall–Kier alpha value is -1.72. The molecule has 3 rings (SSSR count). The van der Waals surface area contributed by atoms with Gasteiger partial charge in [-0.05, 0) is 30.3 Å². The summed E-state index contributed by atoms with van der Waals surface area (Å²) in [6.07, 6.45) is 0. The summed E-state index contributed by atoms with van der Waals surface area (Å²) in [5, 5.41) is 0.639. The molecule has 1 aromatic heterocycles. The van der Waals surface area contributed by atoms with Gasteiger partial charge in [-0.15, -0.1) is 0 Å². The van der Waals surface area contributed by atoms with Gasteiger partial charge < -0.3 is 15.5 Å². The van der Waals surface area contributed by atoms with Gasteiger partial charge in [0, 0.05) is 9.50 Å². The van der Waals surface area contributed by atoms with Crippen LogP contribution in [0.4, 0.5) is 5.69 Å². The average molecular weight is 353 g/mol. The Morgan fingerprint density at radius 3 is 2.95 bits per heavy atom. The summed E-state index contributed by atoms with van der Waals surface area (Å²) in [6, 6.07) is 11.0. The van der Waals surface area contributed by atoms with Crippen molar-refractivity contribution in [1.29, 1.82) is 0 Å². The van der Waals surface area contributed by atoms with Gasteiger partial charge in [-0.3, -0.25) is 0 Å². The van der Waals surface area contributed by atoms with E-state index in [1.807, 2.05) is 24.3 Å². The fourth-order valence-electron chi connectivity index (χ4n) is 1.94. The van der Waals surface area contributed by atoms with Gasteiger partial charge in [0.15, 0.2) is 0 Å². The lowest BCUT2D eigenvalue weighted by molar-refractivity contribution is 0.297. The molecule has 1 heterocycles. The first-order valence-electron chi connectivity index (χ1n) is 5.94. The maximum absolute atomic E-state index is 5.93. The van der Waals surface area contributed by atoms with Crippen LogP contribution in [-0.2, 0) is 6.61 Å². The van der Waals surface area contributed by atoms with Crippen molar-refractivity contribution in [1.82, 2.24) is 9.97 Å². The molecule has 6 heteroatoms. The van der Waals surface area contributed by atoms with Gasteiger partial charge in [0.2, 0.25) is 0 Å². The maximum Gasteiger partial charge on any atom is 0.146 e. The number of aromatic amines is 1. The monoisotopic (exact) mass is 351 g/mol. The van der Waals surface area contributed by atoms with Crippen LogP contribution >= 0.6 is 27.5 Å². The summed E-state index contributed by atoms with van der Waals surface area (Å²) in [4.78, 5) is 7.61. The normalized spacial score (nSPS) is 10.9. The Morgan fingerprint density at radius 2 is 2.15 bits per heavy atom. The van der Waals surface area contributed by atoms with Gasteiger partial charge >= 0.3 is 0 Å². The van der Waals surface area contributed by atoms with Crippen LogP contribution < -0.4 is 10.5 Å². The van der Waals surface area contributed by atoms with Crippen LogP contribution in [0.1, 0.15) is 5.82 Å². The van der Waals surface area contributed by atoms with Crippen molar-refractivity contribution in [3.8, 4) is 5.75 Å². The summed E-state index contributed by atoms with van der Waals surface area (Å²) < 4.78 is 6.55. The van der Waals surface area contributed by atoms with E-state index in [4.69, 9.17) is 22.1 Å². The zero-order chi connectivity index (χ0) is 14.1. The number of nitrogens with zero attached hydrogens (tertiary/aromatic N) is 1.